The van der Waals surface area contributed by atoms with Crippen molar-refractivity contribution < 1.29 is 9.53 Å². The van der Waals surface area contributed by atoms with Crippen molar-refractivity contribution in [2.45, 2.75) is 31.6 Å². The zero-order chi connectivity index (χ0) is 14.6. The van der Waals surface area contributed by atoms with Crippen LogP contribution >= 0.6 is 11.8 Å². The Morgan fingerprint density at radius 2 is 2.05 bits per heavy atom. The first-order valence-corrected chi connectivity index (χ1v) is 8.03. The molecule has 1 aliphatic heterocycles. The molecule has 1 aliphatic rings. The molecule has 0 unspecified atom stereocenters. The van der Waals surface area contributed by atoms with Gasteiger partial charge in [-0.25, -0.2) is 0 Å². The number of rotatable bonds is 4. The molecule has 0 aliphatic carbocycles. The summed E-state index contributed by atoms with van der Waals surface area (Å²) in [7, 11) is 1.66. The quantitative estimate of drug-likeness (QED) is 0.797. The number of methoxy groups -OCH3 is 1. The SMILES string of the molecule is COc1ccc(SCC(=O)N2CCCC(C)(C)C2)cc1. The molecule has 0 N–H and O–H groups in total. The third-order valence-electron chi connectivity index (χ3n) is 3.67. The lowest BCUT2D eigenvalue weighted by atomic mass is 9.84. The largest absolute Gasteiger partial charge is 0.497 e. The zero-order valence-electron chi connectivity index (χ0n) is 12.5. The van der Waals surface area contributed by atoms with Crippen LogP contribution in [0.1, 0.15) is 26.7 Å². The Morgan fingerprint density at radius 1 is 1.35 bits per heavy atom. The highest BCUT2D eigenvalue weighted by Crippen LogP contribution is 2.29. The van der Waals surface area contributed by atoms with E-state index in [4.69, 9.17) is 4.74 Å². The van der Waals surface area contributed by atoms with Crippen molar-refractivity contribution >= 4 is 17.7 Å². The molecular weight excluding hydrogens is 270 g/mol. The zero-order valence-corrected chi connectivity index (χ0v) is 13.3. The van der Waals surface area contributed by atoms with E-state index in [0.717, 1.165) is 30.2 Å². The van der Waals surface area contributed by atoms with Gasteiger partial charge >= 0.3 is 0 Å². The topological polar surface area (TPSA) is 29.5 Å². The van der Waals surface area contributed by atoms with E-state index in [0.29, 0.717) is 5.75 Å². The van der Waals surface area contributed by atoms with E-state index in [9.17, 15) is 4.79 Å². The Hall–Kier alpha value is -1.16. The Labute approximate surface area is 125 Å². The molecule has 20 heavy (non-hydrogen) atoms. The number of ether oxygens (including phenoxy) is 1. The predicted octanol–water partition coefficient (Wildman–Crippen LogP) is 3.44. The van der Waals surface area contributed by atoms with Crippen molar-refractivity contribution in [3.63, 3.8) is 0 Å². The lowest BCUT2D eigenvalue weighted by Gasteiger charge is -2.38. The summed E-state index contributed by atoms with van der Waals surface area (Å²) >= 11 is 1.59. The molecule has 110 valence electrons. The number of piperidine rings is 1. The number of likely N-dealkylation sites (tertiary alicyclic amines) is 1. The maximum absolute atomic E-state index is 12.3. The second-order valence-electron chi connectivity index (χ2n) is 6.05. The van der Waals surface area contributed by atoms with Gasteiger partial charge in [-0.2, -0.15) is 0 Å². The van der Waals surface area contributed by atoms with E-state index in [1.807, 2.05) is 29.2 Å². The van der Waals surface area contributed by atoms with Crippen molar-refractivity contribution in [1.29, 1.82) is 0 Å². The lowest BCUT2D eigenvalue weighted by molar-refractivity contribution is -0.131. The van der Waals surface area contributed by atoms with Crippen molar-refractivity contribution in [1.82, 2.24) is 4.90 Å². The molecule has 1 amide bonds. The second kappa shape index (κ2) is 6.53. The molecule has 0 spiro atoms. The van der Waals surface area contributed by atoms with Gasteiger partial charge in [-0.3, -0.25) is 4.79 Å². The van der Waals surface area contributed by atoms with Crippen molar-refractivity contribution in [2.24, 2.45) is 5.41 Å². The van der Waals surface area contributed by atoms with E-state index in [2.05, 4.69) is 13.8 Å². The molecule has 1 aromatic rings. The van der Waals surface area contributed by atoms with Crippen LogP contribution in [0.2, 0.25) is 0 Å². The van der Waals surface area contributed by atoms with Crippen LogP contribution < -0.4 is 4.74 Å². The molecule has 1 saturated heterocycles. The van der Waals surface area contributed by atoms with Gasteiger partial charge in [-0.05, 0) is 42.5 Å². The molecule has 0 atom stereocenters. The molecular formula is C16H23NO2S. The van der Waals surface area contributed by atoms with Crippen molar-refractivity contribution in [3.05, 3.63) is 24.3 Å². The second-order valence-corrected chi connectivity index (χ2v) is 7.10. The number of hydrogen-bond acceptors (Lipinski definition) is 3. The molecule has 1 fully saturated rings. The molecule has 0 aromatic heterocycles. The van der Waals surface area contributed by atoms with Crippen LogP contribution in [0, 0.1) is 5.41 Å². The molecule has 1 aromatic carbocycles. The summed E-state index contributed by atoms with van der Waals surface area (Å²) in [4.78, 5) is 15.4. The molecule has 2 rings (SSSR count). The van der Waals surface area contributed by atoms with Crippen LogP contribution in [0.3, 0.4) is 0 Å². The third-order valence-corrected chi connectivity index (χ3v) is 4.67. The van der Waals surface area contributed by atoms with Crippen LogP contribution in [0.4, 0.5) is 0 Å². The van der Waals surface area contributed by atoms with Gasteiger partial charge in [0.05, 0.1) is 12.9 Å². The first kappa shape index (κ1) is 15.2. The minimum Gasteiger partial charge on any atom is -0.497 e. The van der Waals surface area contributed by atoms with Gasteiger partial charge in [0.15, 0.2) is 0 Å². The fourth-order valence-electron chi connectivity index (χ4n) is 2.54. The normalized spacial score (nSPS) is 17.9. The summed E-state index contributed by atoms with van der Waals surface area (Å²) in [5.41, 5.74) is 0.263. The maximum Gasteiger partial charge on any atom is 0.232 e. The van der Waals surface area contributed by atoms with Crippen LogP contribution in [0.25, 0.3) is 0 Å². The van der Waals surface area contributed by atoms with Gasteiger partial charge in [0.25, 0.3) is 0 Å². The predicted molar refractivity (Wildman–Crippen MR) is 83.3 cm³/mol. The Morgan fingerprint density at radius 3 is 2.65 bits per heavy atom. The molecule has 0 radical (unpaired) electrons. The van der Waals surface area contributed by atoms with E-state index in [1.165, 1.54) is 6.42 Å². The Bertz CT molecular complexity index is 456. The van der Waals surface area contributed by atoms with Gasteiger partial charge in [0.1, 0.15) is 5.75 Å². The van der Waals surface area contributed by atoms with Crippen LogP contribution in [-0.4, -0.2) is 36.8 Å². The number of hydrogen-bond donors (Lipinski definition) is 0. The van der Waals surface area contributed by atoms with Crippen LogP contribution in [-0.2, 0) is 4.79 Å². The molecule has 0 saturated carbocycles. The van der Waals surface area contributed by atoms with E-state index in [-0.39, 0.29) is 11.3 Å². The highest BCUT2D eigenvalue weighted by Gasteiger charge is 2.28. The van der Waals surface area contributed by atoms with Crippen LogP contribution in [0.5, 0.6) is 5.75 Å². The van der Waals surface area contributed by atoms with Gasteiger partial charge in [-0.15, -0.1) is 11.8 Å². The monoisotopic (exact) mass is 293 g/mol. The van der Waals surface area contributed by atoms with E-state index in [1.54, 1.807) is 18.9 Å². The number of amides is 1. The van der Waals surface area contributed by atoms with Crippen molar-refractivity contribution in [2.75, 3.05) is 26.0 Å². The average molecular weight is 293 g/mol. The summed E-state index contributed by atoms with van der Waals surface area (Å²) in [6.07, 6.45) is 2.33. The standard InChI is InChI=1S/C16H23NO2S/c1-16(2)9-4-10-17(12-16)15(18)11-20-14-7-5-13(19-3)6-8-14/h5-8H,4,9-12H2,1-3H3. The fraction of sp³-hybridized carbons (Fsp3) is 0.562. The summed E-state index contributed by atoms with van der Waals surface area (Å²) < 4.78 is 5.13. The number of benzene rings is 1. The number of thioether (sulfide) groups is 1. The summed E-state index contributed by atoms with van der Waals surface area (Å²) in [6, 6.07) is 7.85. The Balaban J connectivity index is 1.85. The highest BCUT2D eigenvalue weighted by molar-refractivity contribution is 8.00. The summed E-state index contributed by atoms with van der Waals surface area (Å²) in [5.74, 6) is 1.61. The number of nitrogens with zero attached hydrogens (tertiary/aromatic N) is 1. The maximum atomic E-state index is 12.3. The summed E-state index contributed by atoms with van der Waals surface area (Å²) in [5, 5.41) is 0. The minimum atomic E-state index is 0.249. The third kappa shape index (κ3) is 4.17. The van der Waals surface area contributed by atoms with Gasteiger partial charge in [0.2, 0.25) is 5.91 Å². The molecule has 4 heteroatoms. The minimum absolute atomic E-state index is 0.249. The number of carbonyl (C=O) groups is 1. The first-order valence-electron chi connectivity index (χ1n) is 7.05. The van der Waals surface area contributed by atoms with Gasteiger partial charge in [0, 0.05) is 18.0 Å². The van der Waals surface area contributed by atoms with Gasteiger partial charge < -0.3 is 9.64 Å². The van der Waals surface area contributed by atoms with E-state index >= 15 is 0 Å². The van der Waals surface area contributed by atoms with Gasteiger partial charge in [-0.1, -0.05) is 13.8 Å². The molecule has 0 bridgehead atoms. The molecule has 3 nitrogen and oxygen atoms in total. The average Bonchev–Trinajstić information content (AvgIpc) is 2.44. The fourth-order valence-corrected chi connectivity index (χ4v) is 3.35. The van der Waals surface area contributed by atoms with Crippen molar-refractivity contribution in [3.8, 4) is 5.75 Å². The smallest absolute Gasteiger partial charge is 0.232 e. The first-order chi connectivity index (χ1) is 9.50. The van der Waals surface area contributed by atoms with E-state index < -0.39 is 0 Å². The lowest BCUT2D eigenvalue weighted by Crippen LogP contribution is -2.44. The highest BCUT2D eigenvalue weighted by atomic mass is 32.2. The molecule has 1 heterocycles. The summed E-state index contributed by atoms with van der Waals surface area (Å²) in [6.45, 7) is 6.27. The van der Waals surface area contributed by atoms with Crippen LogP contribution in [0.15, 0.2) is 29.2 Å². The Kier molecular flexibility index (Phi) is 4.97. The number of carbonyl (C=O) groups excluding carboxylic acids is 1.